The molecule has 1 heterocycles. The highest BCUT2D eigenvalue weighted by atomic mass is 16.5. The van der Waals surface area contributed by atoms with E-state index in [4.69, 9.17) is 10.5 Å². The number of nitrogen functional groups attached to an aromatic ring is 1. The summed E-state index contributed by atoms with van der Waals surface area (Å²) in [6.07, 6.45) is 0.913. The van der Waals surface area contributed by atoms with Crippen molar-refractivity contribution in [1.29, 1.82) is 0 Å². The average Bonchev–Trinajstić information content (AvgIpc) is 2.63. The predicted octanol–water partition coefficient (Wildman–Crippen LogP) is 3.89. The van der Waals surface area contributed by atoms with Gasteiger partial charge in [-0.3, -0.25) is 4.79 Å². The summed E-state index contributed by atoms with van der Waals surface area (Å²) in [4.78, 5) is 15.0. The summed E-state index contributed by atoms with van der Waals surface area (Å²) in [6, 6.07) is 11.2. The molecule has 0 spiro atoms. The van der Waals surface area contributed by atoms with E-state index in [0.717, 1.165) is 34.7 Å². The van der Waals surface area contributed by atoms with E-state index in [1.807, 2.05) is 57.2 Å². The van der Waals surface area contributed by atoms with E-state index in [9.17, 15) is 4.79 Å². The molecule has 2 unspecified atom stereocenters. The van der Waals surface area contributed by atoms with Crippen LogP contribution in [0.5, 0.6) is 5.75 Å². The van der Waals surface area contributed by atoms with Gasteiger partial charge in [0.15, 0.2) is 0 Å². The molecule has 0 saturated heterocycles. The first-order valence-corrected chi connectivity index (χ1v) is 9.10. The molecular weight excluding hydrogens is 326 g/mol. The van der Waals surface area contributed by atoms with Crippen molar-refractivity contribution in [3.63, 3.8) is 0 Å². The Kier molecular flexibility index (Phi) is 5.07. The molecule has 0 bridgehead atoms. The zero-order valence-corrected chi connectivity index (χ0v) is 15.9. The number of hydrogen-bond donors (Lipinski definition) is 2. The van der Waals surface area contributed by atoms with Gasteiger partial charge in [-0.05, 0) is 56.5 Å². The maximum Gasteiger partial charge on any atom is 0.246 e. The Morgan fingerprint density at radius 3 is 2.85 bits per heavy atom. The van der Waals surface area contributed by atoms with E-state index in [1.165, 1.54) is 0 Å². The lowest BCUT2D eigenvalue weighted by Gasteiger charge is -2.39. The van der Waals surface area contributed by atoms with Gasteiger partial charge < -0.3 is 20.7 Å². The first-order valence-electron chi connectivity index (χ1n) is 9.10. The lowest BCUT2D eigenvalue weighted by Crippen LogP contribution is -2.49. The number of hydrogen-bond acceptors (Lipinski definition) is 4. The van der Waals surface area contributed by atoms with E-state index in [2.05, 4.69) is 17.1 Å². The molecule has 138 valence electrons. The zero-order chi connectivity index (χ0) is 18.8. The van der Waals surface area contributed by atoms with Gasteiger partial charge in [0.1, 0.15) is 17.9 Å². The summed E-state index contributed by atoms with van der Waals surface area (Å²) >= 11 is 0. The highest BCUT2D eigenvalue weighted by Crippen LogP contribution is 2.37. The van der Waals surface area contributed by atoms with Crippen LogP contribution in [0.15, 0.2) is 36.4 Å². The highest BCUT2D eigenvalue weighted by Gasteiger charge is 2.31. The van der Waals surface area contributed by atoms with Gasteiger partial charge in [-0.15, -0.1) is 0 Å². The molecule has 2 atom stereocenters. The van der Waals surface area contributed by atoms with E-state index in [-0.39, 0.29) is 18.1 Å². The Morgan fingerprint density at radius 1 is 1.35 bits per heavy atom. The third-order valence-electron chi connectivity index (χ3n) is 5.15. The summed E-state index contributed by atoms with van der Waals surface area (Å²) in [5.41, 5.74) is 10.6. The Bertz CT molecular complexity index is 819. The molecule has 0 aliphatic carbocycles. The summed E-state index contributed by atoms with van der Waals surface area (Å²) < 4.78 is 6.02. The SMILES string of the molecule is CCC1CN(C(C)C(=O)Nc2cccc(C)c2C)c2ccc(N)cc2O1. The van der Waals surface area contributed by atoms with Crippen LogP contribution in [0.3, 0.4) is 0 Å². The standard InChI is InChI=1S/C21H27N3O2/c1-5-17-12-24(19-10-9-16(22)11-20(19)26-17)15(4)21(25)23-18-8-6-7-13(2)14(18)3/h6-11,15,17H,5,12,22H2,1-4H3,(H,23,25). The van der Waals surface area contributed by atoms with Gasteiger partial charge in [-0.25, -0.2) is 0 Å². The number of nitrogens with two attached hydrogens (primary N) is 1. The Labute approximate surface area is 155 Å². The van der Waals surface area contributed by atoms with Gasteiger partial charge in [0, 0.05) is 17.4 Å². The molecule has 2 aromatic rings. The molecule has 0 radical (unpaired) electrons. The van der Waals surface area contributed by atoms with Crippen LogP contribution in [-0.4, -0.2) is 24.6 Å². The van der Waals surface area contributed by atoms with Crippen LogP contribution >= 0.6 is 0 Å². The zero-order valence-electron chi connectivity index (χ0n) is 15.9. The van der Waals surface area contributed by atoms with Gasteiger partial charge in [0.25, 0.3) is 0 Å². The molecule has 0 saturated carbocycles. The van der Waals surface area contributed by atoms with Crippen molar-refractivity contribution in [2.24, 2.45) is 0 Å². The minimum atomic E-state index is -0.324. The third-order valence-corrected chi connectivity index (χ3v) is 5.15. The first-order chi connectivity index (χ1) is 12.4. The highest BCUT2D eigenvalue weighted by molar-refractivity contribution is 5.97. The quantitative estimate of drug-likeness (QED) is 0.818. The number of anilines is 3. The molecule has 0 aromatic heterocycles. The summed E-state index contributed by atoms with van der Waals surface area (Å²) in [7, 11) is 0. The van der Waals surface area contributed by atoms with Crippen molar-refractivity contribution in [2.45, 2.75) is 46.3 Å². The Morgan fingerprint density at radius 2 is 2.12 bits per heavy atom. The molecule has 26 heavy (non-hydrogen) atoms. The van der Waals surface area contributed by atoms with Crippen LogP contribution in [0.2, 0.25) is 0 Å². The largest absolute Gasteiger partial charge is 0.486 e. The molecule has 3 N–H and O–H groups in total. The van der Waals surface area contributed by atoms with Crippen molar-refractivity contribution in [3.05, 3.63) is 47.5 Å². The van der Waals surface area contributed by atoms with Gasteiger partial charge in [0.05, 0.1) is 12.2 Å². The van der Waals surface area contributed by atoms with Gasteiger partial charge >= 0.3 is 0 Å². The van der Waals surface area contributed by atoms with Crippen LogP contribution in [-0.2, 0) is 4.79 Å². The molecule has 5 heteroatoms. The second-order valence-electron chi connectivity index (χ2n) is 6.94. The Balaban J connectivity index is 1.85. The molecule has 1 aliphatic rings. The van der Waals surface area contributed by atoms with Crippen molar-refractivity contribution < 1.29 is 9.53 Å². The minimum Gasteiger partial charge on any atom is -0.486 e. The van der Waals surface area contributed by atoms with Crippen LogP contribution < -0.4 is 20.7 Å². The van der Waals surface area contributed by atoms with Crippen molar-refractivity contribution in [1.82, 2.24) is 0 Å². The number of benzene rings is 2. The van der Waals surface area contributed by atoms with E-state index < -0.39 is 0 Å². The fraction of sp³-hybridized carbons (Fsp3) is 0.381. The smallest absolute Gasteiger partial charge is 0.246 e. The molecule has 5 nitrogen and oxygen atoms in total. The second-order valence-corrected chi connectivity index (χ2v) is 6.94. The second kappa shape index (κ2) is 7.28. The molecule has 3 rings (SSSR count). The van der Waals surface area contributed by atoms with Crippen molar-refractivity contribution >= 4 is 23.0 Å². The number of carbonyl (C=O) groups is 1. The van der Waals surface area contributed by atoms with Crippen LogP contribution in [0.1, 0.15) is 31.4 Å². The molecule has 2 aromatic carbocycles. The molecule has 1 amide bonds. The molecule has 0 fully saturated rings. The van der Waals surface area contributed by atoms with Gasteiger partial charge in [-0.1, -0.05) is 19.1 Å². The maximum absolute atomic E-state index is 12.9. The fourth-order valence-electron chi connectivity index (χ4n) is 3.24. The summed E-state index contributed by atoms with van der Waals surface area (Å²) in [6.45, 7) is 8.76. The van der Waals surface area contributed by atoms with Gasteiger partial charge in [-0.2, -0.15) is 0 Å². The number of rotatable bonds is 4. The van der Waals surface area contributed by atoms with Crippen molar-refractivity contribution in [2.75, 3.05) is 22.5 Å². The van der Waals surface area contributed by atoms with Crippen LogP contribution in [0, 0.1) is 13.8 Å². The topological polar surface area (TPSA) is 67.6 Å². The van der Waals surface area contributed by atoms with E-state index in [0.29, 0.717) is 12.2 Å². The number of fused-ring (bicyclic) bond motifs is 1. The summed E-state index contributed by atoms with van der Waals surface area (Å²) in [5, 5.41) is 3.08. The van der Waals surface area contributed by atoms with Crippen LogP contribution in [0.4, 0.5) is 17.1 Å². The van der Waals surface area contributed by atoms with Crippen molar-refractivity contribution in [3.8, 4) is 5.75 Å². The normalized spacial score (nSPS) is 17.2. The number of nitrogens with one attached hydrogen (secondary N) is 1. The maximum atomic E-state index is 12.9. The number of amides is 1. The number of ether oxygens (including phenoxy) is 1. The Hall–Kier alpha value is -2.69. The number of aryl methyl sites for hydroxylation is 1. The molecular formula is C21H27N3O2. The lowest BCUT2D eigenvalue weighted by atomic mass is 10.1. The van der Waals surface area contributed by atoms with E-state index >= 15 is 0 Å². The van der Waals surface area contributed by atoms with Gasteiger partial charge in [0.2, 0.25) is 5.91 Å². The monoisotopic (exact) mass is 353 g/mol. The minimum absolute atomic E-state index is 0.0294. The van der Waals surface area contributed by atoms with E-state index in [1.54, 1.807) is 0 Å². The molecule has 1 aliphatic heterocycles. The predicted molar refractivity (Wildman–Crippen MR) is 107 cm³/mol. The summed E-state index contributed by atoms with van der Waals surface area (Å²) in [5.74, 6) is 0.715. The lowest BCUT2D eigenvalue weighted by molar-refractivity contribution is -0.117. The first kappa shape index (κ1) is 18.1. The number of nitrogens with zero attached hydrogens (tertiary/aromatic N) is 1. The third kappa shape index (κ3) is 3.47. The average molecular weight is 353 g/mol. The van der Waals surface area contributed by atoms with Crippen LogP contribution in [0.25, 0.3) is 0 Å². The number of carbonyl (C=O) groups excluding carboxylic acids is 1. The fourth-order valence-corrected chi connectivity index (χ4v) is 3.24.